The van der Waals surface area contributed by atoms with E-state index in [2.05, 4.69) is 0 Å². The first-order valence-electron chi connectivity index (χ1n) is 3.45. The maximum Gasteiger partial charge on any atom is 0.272 e. The van der Waals surface area contributed by atoms with Gasteiger partial charge in [0.05, 0.1) is 22.3 Å². The molecule has 0 saturated carbocycles. The normalized spacial score (nSPS) is 22.2. The second-order valence-electron chi connectivity index (χ2n) is 2.53. The van der Waals surface area contributed by atoms with Crippen LogP contribution in [0.15, 0.2) is 23.0 Å². The lowest BCUT2D eigenvalue weighted by molar-refractivity contribution is -0.429. The summed E-state index contributed by atoms with van der Waals surface area (Å²) in [6, 6.07) is 1.76. The SMILES string of the molecule is N#CC1=CC(Cl)CC([N+](=O)[O-])=C1N. The Morgan fingerprint density at radius 2 is 2.46 bits per heavy atom. The van der Waals surface area contributed by atoms with E-state index >= 15 is 0 Å². The summed E-state index contributed by atoms with van der Waals surface area (Å²) >= 11 is 5.67. The molecule has 0 spiro atoms. The van der Waals surface area contributed by atoms with Gasteiger partial charge in [0.2, 0.25) is 0 Å². The number of hydrogen-bond acceptors (Lipinski definition) is 4. The van der Waals surface area contributed by atoms with Gasteiger partial charge in [0.1, 0.15) is 11.8 Å². The van der Waals surface area contributed by atoms with Gasteiger partial charge < -0.3 is 5.73 Å². The van der Waals surface area contributed by atoms with E-state index < -0.39 is 10.3 Å². The number of alkyl halides is 1. The van der Waals surface area contributed by atoms with Crippen LogP contribution in [0.2, 0.25) is 0 Å². The summed E-state index contributed by atoms with van der Waals surface area (Å²) in [5.41, 5.74) is 5.21. The van der Waals surface area contributed by atoms with Gasteiger partial charge in [-0.2, -0.15) is 5.26 Å². The standard InChI is InChI=1S/C7H6ClN3O2/c8-5-1-4(3-9)7(10)6(2-5)11(12)13/h1,5H,2,10H2. The Morgan fingerprint density at radius 1 is 1.85 bits per heavy atom. The van der Waals surface area contributed by atoms with E-state index in [-0.39, 0.29) is 23.4 Å². The summed E-state index contributed by atoms with van der Waals surface area (Å²) in [7, 11) is 0. The molecular formula is C7H6ClN3O2. The molecule has 1 atom stereocenters. The third kappa shape index (κ3) is 1.79. The van der Waals surface area contributed by atoms with Crippen molar-refractivity contribution in [3.63, 3.8) is 0 Å². The van der Waals surface area contributed by atoms with Crippen molar-refractivity contribution in [2.24, 2.45) is 5.73 Å². The molecule has 5 nitrogen and oxygen atoms in total. The van der Waals surface area contributed by atoms with Gasteiger partial charge in [0, 0.05) is 0 Å². The van der Waals surface area contributed by atoms with E-state index in [4.69, 9.17) is 22.6 Å². The van der Waals surface area contributed by atoms with Crippen LogP contribution >= 0.6 is 11.6 Å². The zero-order valence-electron chi connectivity index (χ0n) is 6.53. The van der Waals surface area contributed by atoms with Crippen LogP contribution in [0.3, 0.4) is 0 Å². The van der Waals surface area contributed by atoms with E-state index in [0.29, 0.717) is 0 Å². The van der Waals surface area contributed by atoms with Crippen molar-refractivity contribution in [2.75, 3.05) is 0 Å². The van der Waals surface area contributed by atoms with Crippen LogP contribution in [0.4, 0.5) is 0 Å². The molecule has 2 N–H and O–H groups in total. The molecule has 0 aromatic rings. The highest BCUT2D eigenvalue weighted by Gasteiger charge is 2.27. The van der Waals surface area contributed by atoms with Gasteiger partial charge in [-0.1, -0.05) is 0 Å². The molecule has 0 heterocycles. The van der Waals surface area contributed by atoms with Crippen molar-refractivity contribution in [1.29, 1.82) is 5.26 Å². The second kappa shape index (κ2) is 3.46. The highest BCUT2D eigenvalue weighted by molar-refractivity contribution is 6.22. The molecule has 1 aliphatic rings. The van der Waals surface area contributed by atoms with Crippen LogP contribution in [0, 0.1) is 21.4 Å². The third-order valence-electron chi connectivity index (χ3n) is 1.68. The van der Waals surface area contributed by atoms with Gasteiger partial charge in [-0.15, -0.1) is 11.6 Å². The number of nitro groups is 1. The molecule has 1 aliphatic carbocycles. The summed E-state index contributed by atoms with van der Waals surface area (Å²) < 4.78 is 0. The molecule has 68 valence electrons. The quantitative estimate of drug-likeness (QED) is 0.386. The molecule has 1 unspecified atom stereocenters. The summed E-state index contributed by atoms with van der Waals surface area (Å²) in [6.07, 6.45) is 1.48. The average Bonchev–Trinajstić information content (AvgIpc) is 2.08. The van der Waals surface area contributed by atoms with Gasteiger partial charge in [-0.3, -0.25) is 10.1 Å². The van der Waals surface area contributed by atoms with Gasteiger partial charge in [-0.05, 0) is 6.08 Å². The number of nitrogens with zero attached hydrogens (tertiary/aromatic N) is 2. The molecule has 0 radical (unpaired) electrons. The molecule has 0 bridgehead atoms. The third-order valence-corrected chi connectivity index (χ3v) is 1.96. The molecule has 13 heavy (non-hydrogen) atoms. The number of hydrogen-bond donors (Lipinski definition) is 1. The fourth-order valence-corrected chi connectivity index (χ4v) is 1.32. The molecular weight excluding hydrogens is 194 g/mol. The molecule has 1 rings (SSSR count). The Morgan fingerprint density at radius 3 is 2.92 bits per heavy atom. The minimum Gasteiger partial charge on any atom is -0.392 e. The number of nitrogens with two attached hydrogens (primary N) is 1. The lowest BCUT2D eigenvalue weighted by Gasteiger charge is -2.11. The highest BCUT2D eigenvalue weighted by Crippen LogP contribution is 2.25. The van der Waals surface area contributed by atoms with E-state index in [1.807, 2.05) is 0 Å². The van der Waals surface area contributed by atoms with E-state index in [1.165, 1.54) is 6.08 Å². The number of rotatable bonds is 1. The van der Waals surface area contributed by atoms with Crippen LogP contribution in [-0.4, -0.2) is 10.3 Å². The zero-order valence-corrected chi connectivity index (χ0v) is 7.28. The monoisotopic (exact) mass is 199 g/mol. The molecule has 0 aromatic heterocycles. The smallest absolute Gasteiger partial charge is 0.272 e. The summed E-state index contributed by atoms with van der Waals surface area (Å²) in [6.45, 7) is 0. The second-order valence-corrected chi connectivity index (χ2v) is 3.09. The van der Waals surface area contributed by atoms with Crippen LogP contribution in [-0.2, 0) is 0 Å². The molecule has 0 aromatic carbocycles. The van der Waals surface area contributed by atoms with Crippen LogP contribution in [0.25, 0.3) is 0 Å². The Kier molecular flexibility index (Phi) is 2.54. The minimum absolute atomic E-state index is 0.0611. The Hall–Kier alpha value is -1.54. The first-order chi connectivity index (χ1) is 6.06. The fourth-order valence-electron chi connectivity index (χ4n) is 1.05. The van der Waals surface area contributed by atoms with Crippen molar-refractivity contribution in [3.05, 3.63) is 33.2 Å². The summed E-state index contributed by atoms with van der Waals surface area (Å²) in [5, 5.41) is 18.5. The largest absolute Gasteiger partial charge is 0.392 e. The molecule has 0 amide bonds. The topological polar surface area (TPSA) is 92.9 Å². The van der Waals surface area contributed by atoms with Gasteiger partial charge >= 0.3 is 0 Å². The van der Waals surface area contributed by atoms with Gasteiger partial charge in [0.25, 0.3) is 5.70 Å². The molecule has 0 fully saturated rings. The maximum absolute atomic E-state index is 10.4. The van der Waals surface area contributed by atoms with Gasteiger partial charge in [0.15, 0.2) is 0 Å². The Bertz CT molecular complexity index is 353. The van der Waals surface area contributed by atoms with Gasteiger partial charge in [-0.25, -0.2) is 0 Å². The fraction of sp³-hybridized carbons (Fsp3) is 0.286. The molecule has 0 saturated heterocycles. The van der Waals surface area contributed by atoms with Crippen LogP contribution < -0.4 is 5.73 Å². The molecule has 0 aliphatic heterocycles. The number of nitriles is 1. The van der Waals surface area contributed by atoms with E-state index in [9.17, 15) is 10.1 Å². The van der Waals surface area contributed by atoms with Crippen LogP contribution in [0.1, 0.15) is 6.42 Å². The van der Waals surface area contributed by atoms with Crippen LogP contribution in [0.5, 0.6) is 0 Å². The lowest BCUT2D eigenvalue weighted by atomic mass is 10.0. The average molecular weight is 200 g/mol. The molecule has 6 heteroatoms. The minimum atomic E-state index is -0.602. The predicted octanol–water partition coefficient (Wildman–Crippen LogP) is 0.894. The van der Waals surface area contributed by atoms with Crippen molar-refractivity contribution < 1.29 is 4.92 Å². The van der Waals surface area contributed by atoms with Crippen molar-refractivity contribution in [2.45, 2.75) is 11.8 Å². The van der Waals surface area contributed by atoms with E-state index in [1.54, 1.807) is 6.07 Å². The number of allylic oxidation sites excluding steroid dienone is 3. The van der Waals surface area contributed by atoms with Crippen molar-refractivity contribution >= 4 is 11.6 Å². The van der Waals surface area contributed by atoms with E-state index in [0.717, 1.165) is 0 Å². The first-order valence-corrected chi connectivity index (χ1v) is 3.89. The highest BCUT2D eigenvalue weighted by atomic mass is 35.5. The maximum atomic E-state index is 10.4. The first kappa shape index (κ1) is 9.55. The summed E-state index contributed by atoms with van der Waals surface area (Å²) in [4.78, 5) is 9.84. The lowest BCUT2D eigenvalue weighted by Crippen LogP contribution is -2.19. The summed E-state index contributed by atoms with van der Waals surface area (Å²) in [5.74, 6) is 0. The Labute approximate surface area is 79.2 Å². The Balaban J connectivity index is 3.15. The predicted molar refractivity (Wildman–Crippen MR) is 46.2 cm³/mol. The zero-order chi connectivity index (χ0) is 10.0. The van der Waals surface area contributed by atoms with Crippen molar-refractivity contribution in [3.8, 4) is 6.07 Å². The number of halogens is 1. The van der Waals surface area contributed by atoms with Crippen molar-refractivity contribution in [1.82, 2.24) is 0 Å².